The average molecular weight is 368 g/mol. The Labute approximate surface area is 160 Å². The number of hydrogen-bond donors (Lipinski definition) is 3. The van der Waals surface area contributed by atoms with Crippen LogP contribution in [0.3, 0.4) is 0 Å². The zero-order valence-corrected chi connectivity index (χ0v) is 15.0. The molecule has 0 amide bonds. The van der Waals surface area contributed by atoms with Gasteiger partial charge in [-0.25, -0.2) is 9.50 Å². The number of H-pyrrole nitrogens is 2. The summed E-state index contributed by atoms with van der Waals surface area (Å²) in [6, 6.07) is 18.0. The number of imidazole rings is 1. The van der Waals surface area contributed by atoms with Crippen molar-refractivity contribution >= 4 is 28.1 Å². The standard InChI is InChI=1S/C21H16N6O/c1-28-17-4-2-3-16(10-17)25-21-19(26-20-15(11-22)12-24-27(20)21)14-6-5-13-7-8-23-18(13)9-14/h2-10,12,23-25H,1H3. The normalized spacial score (nSPS) is 11.0. The number of aromatic nitrogens is 4. The van der Waals surface area contributed by atoms with Crippen LogP contribution in [0.15, 0.2) is 60.9 Å². The molecule has 0 saturated heterocycles. The van der Waals surface area contributed by atoms with Crippen LogP contribution in [-0.4, -0.2) is 26.7 Å². The second-order valence-electron chi connectivity index (χ2n) is 6.40. The number of aromatic amines is 2. The Bertz CT molecular complexity index is 1350. The van der Waals surface area contributed by atoms with Crippen LogP contribution in [-0.2, 0) is 0 Å². The van der Waals surface area contributed by atoms with Gasteiger partial charge in [-0.15, -0.1) is 0 Å². The van der Waals surface area contributed by atoms with Crippen molar-refractivity contribution in [3.8, 4) is 23.1 Å². The number of rotatable bonds is 4. The van der Waals surface area contributed by atoms with E-state index in [4.69, 9.17) is 9.72 Å². The van der Waals surface area contributed by atoms with Crippen molar-refractivity contribution in [2.24, 2.45) is 0 Å². The fourth-order valence-corrected chi connectivity index (χ4v) is 3.35. The van der Waals surface area contributed by atoms with Crippen LogP contribution >= 0.6 is 0 Å². The third kappa shape index (κ3) is 2.47. The lowest BCUT2D eigenvalue weighted by molar-refractivity contribution is 0.415. The maximum atomic E-state index is 9.40. The van der Waals surface area contributed by atoms with Crippen LogP contribution in [0.5, 0.6) is 5.75 Å². The largest absolute Gasteiger partial charge is 0.497 e. The zero-order valence-electron chi connectivity index (χ0n) is 15.0. The van der Waals surface area contributed by atoms with Crippen molar-refractivity contribution < 1.29 is 4.74 Å². The minimum Gasteiger partial charge on any atom is -0.497 e. The van der Waals surface area contributed by atoms with Crippen LogP contribution in [0.25, 0.3) is 27.8 Å². The van der Waals surface area contributed by atoms with Gasteiger partial charge in [0.2, 0.25) is 0 Å². The molecule has 136 valence electrons. The highest BCUT2D eigenvalue weighted by molar-refractivity contribution is 5.88. The van der Waals surface area contributed by atoms with E-state index < -0.39 is 0 Å². The number of ether oxygens (including phenoxy) is 1. The van der Waals surface area contributed by atoms with Crippen molar-refractivity contribution in [1.82, 2.24) is 19.6 Å². The smallest absolute Gasteiger partial charge is 0.173 e. The molecule has 0 unspecified atom stereocenters. The average Bonchev–Trinajstić information content (AvgIpc) is 3.43. The van der Waals surface area contributed by atoms with Gasteiger partial charge in [0.1, 0.15) is 23.1 Å². The molecule has 0 atom stereocenters. The Morgan fingerprint density at radius 3 is 2.96 bits per heavy atom. The van der Waals surface area contributed by atoms with Gasteiger partial charge in [0.25, 0.3) is 0 Å². The number of nitrogens with one attached hydrogen (secondary N) is 3. The summed E-state index contributed by atoms with van der Waals surface area (Å²) in [6.45, 7) is 0. The first-order chi connectivity index (χ1) is 13.8. The van der Waals surface area contributed by atoms with Crippen molar-refractivity contribution in [2.45, 2.75) is 0 Å². The lowest BCUT2D eigenvalue weighted by Crippen LogP contribution is -1.98. The van der Waals surface area contributed by atoms with E-state index in [0.717, 1.165) is 39.4 Å². The Morgan fingerprint density at radius 2 is 2.11 bits per heavy atom. The molecule has 5 rings (SSSR count). The molecule has 0 aliphatic rings. The molecule has 0 spiro atoms. The third-order valence-electron chi connectivity index (χ3n) is 4.74. The number of nitriles is 1. The Kier molecular flexibility index (Phi) is 3.56. The summed E-state index contributed by atoms with van der Waals surface area (Å²) in [5, 5.41) is 17.1. The van der Waals surface area contributed by atoms with Crippen molar-refractivity contribution in [1.29, 1.82) is 5.26 Å². The molecule has 0 saturated carbocycles. The zero-order chi connectivity index (χ0) is 19.1. The first-order valence-corrected chi connectivity index (χ1v) is 8.75. The van der Waals surface area contributed by atoms with E-state index in [2.05, 4.69) is 33.6 Å². The number of benzene rings is 2. The van der Waals surface area contributed by atoms with E-state index in [1.807, 2.05) is 42.6 Å². The summed E-state index contributed by atoms with van der Waals surface area (Å²) in [4.78, 5) is 7.98. The molecule has 0 radical (unpaired) electrons. The number of methoxy groups -OCH3 is 1. The molecule has 3 aromatic heterocycles. The molecule has 0 bridgehead atoms. The van der Waals surface area contributed by atoms with E-state index in [9.17, 15) is 5.26 Å². The Hall–Kier alpha value is -4.18. The predicted octanol–water partition coefficient (Wildman–Crippen LogP) is 4.43. The minimum atomic E-state index is 0.487. The quantitative estimate of drug-likeness (QED) is 0.437. The lowest BCUT2D eigenvalue weighted by atomic mass is 10.1. The van der Waals surface area contributed by atoms with Crippen molar-refractivity contribution in [3.05, 3.63) is 66.5 Å². The van der Waals surface area contributed by atoms with Crippen LogP contribution < -0.4 is 10.1 Å². The topological polar surface area (TPSA) is 93.9 Å². The monoisotopic (exact) mass is 368 g/mol. The molecule has 2 aromatic carbocycles. The van der Waals surface area contributed by atoms with Gasteiger partial charge in [-0.2, -0.15) is 5.26 Å². The van der Waals surface area contributed by atoms with Crippen LogP contribution in [0.2, 0.25) is 0 Å². The van der Waals surface area contributed by atoms with E-state index in [1.165, 1.54) is 0 Å². The van der Waals surface area contributed by atoms with Gasteiger partial charge < -0.3 is 15.0 Å². The number of nitrogens with zero attached hydrogens (tertiary/aromatic N) is 3. The van der Waals surface area contributed by atoms with Gasteiger partial charge in [0.15, 0.2) is 11.5 Å². The van der Waals surface area contributed by atoms with Crippen LogP contribution in [0, 0.1) is 11.3 Å². The maximum Gasteiger partial charge on any atom is 0.173 e. The summed E-state index contributed by atoms with van der Waals surface area (Å²) in [5.41, 5.74) is 4.65. The van der Waals surface area contributed by atoms with E-state index in [1.54, 1.807) is 17.8 Å². The number of fused-ring (bicyclic) bond motifs is 2. The van der Waals surface area contributed by atoms with Crippen molar-refractivity contribution in [2.75, 3.05) is 12.4 Å². The first-order valence-electron chi connectivity index (χ1n) is 8.75. The fraction of sp³-hybridized carbons (Fsp3) is 0.0476. The summed E-state index contributed by atoms with van der Waals surface area (Å²) in [5.74, 6) is 1.50. The SMILES string of the molecule is COc1cccc(Nc2c(-c3ccc4cc[nH]c4c3)nc3c(C#N)c[nH]n23)c1. The molecular formula is C21H16N6O. The third-order valence-corrected chi connectivity index (χ3v) is 4.74. The first kappa shape index (κ1) is 16.0. The molecule has 7 heteroatoms. The van der Waals surface area contributed by atoms with Crippen LogP contribution in [0.1, 0.15) is 5.56 Å². The summed E-state index contributed by atoms with van der Waals surface area (Å²) in [7, 11) is 1.64. The second-order valence-corrected chi connectivity index (χ2v) is 6.40. The highest BCUT2D eigenvalue weighted by Gasteiger charge is 2.19. The predicted molar refractivity (Wildman–Crippen MR) is 108 cm³/mol. The van der Waals surface area contributed by atoms with Crippen molar-refractivity contribution in [3.63, 3.8) is 0 Å². The fourth-order valence-electron chi connectivity index (χ4n) is 3.35. The Morgan fingerprint density at radius 1 is 1.18 bits per heavy atom. The summed E-state index contributed by atoms with van der Waals surface area (Å²) < 4.78 is 7.10. The number of hydrogen-bond acceptors (Lipinski definition) is 4. The molecule has 0 fully saturated rings. The molecular weight excluding hydrogens is 352 g/mol. The second kappa shape index (κ2) is 6.21. The molecule has 0 aliphatic carbocycles. The van der Waals surface area contributed by atoms with Gasteiger partial charge in [-0.1, -0.05) is 18.2 Å². The summed E-state index contributed by atoms with van der Waals surface area (Å²) >= 11 is 0. The van der Waals surface area contributed by atoms with E-state index in [-0.39, 0.29) is 0 Å². The van der Waals surface area contributed by atoms with Gasteiger partial charge in [-0.05, 0) is 29.7 Å². The molecule has 3 N–H and O–H groups in total. The van der Waals surface area contributed by atoms with Gasteiger partial charge in [-0.3, -0.25) is 5.10 Å². The molecule has 0 aliphatic heterocycles. The maximum absolute atomic E-state index is 9.40. The molecule has 3 heterocycles. The molecule has 5 aromatic rings. The highest BCUT2D eigenvalue weighted by Crippen LogP contribution is 2.33. The molecule has 7 nitrogen and oxygen atoms in total. The number of anilines is 2. The minimum absolute atomic E-state index is 0.487. The van der Waals surface area contributed by atoms with E-state index in [0.29, 0.717) is 11.2 Å². The Balaban J connectivity index is 1.70. The van der Waals surface area contributed by atoms with E-state index >= 15 is 0 Å². The van der Waals surface area contributed by atoms with Gasteiger partial charge in [0, 0.05) is 35.2 Å². The van der Waals surface area contributed by atoms with Gasteiger partial charge >= 0.3 is 0 Å². The lowest BCUT2D eigenvalue weighted by Gasteiger charge is -2.09. The molecule has 28 heavy (non-hydrogen) atoms. The highest BCUT2D eigenvalue weighted by atomic mass is 16.5. The van der Waals surface area contributed by atoms with Gasteiger partial charge in [0.05, 0.1) is 7.11 Å². The summed E-state index contributed by atoms with van der Waals surface area (Å²) in [6.07, 6.45) is 3.56. The van der Waals surface area contributed by atoms with Crippen LogP contribution in [0.4, 0.5) is 11.5 Å².